The summed E-state index contributed by atoms with van der Waals surface area (Å²) in [5.41, 5.74) is 1.35. The smallest absolute Gasteiger partial charge is 0.337 e. The Kier molecular flexibility index (Phi) is 8.49. The van der Waals surface area contributed by atoms with E-state index in [0.29, 0.717) is 18.7 Å². The lowest BCUT2D eigenvalue weighted by Crippen LogP contribution is -3.11. The van der Waals surface area contributed by atoms with Gasteiger partial charge in [0.25, 0.3) is 11.8 Å². The molecule has 1 aromatic carbocycles. The van der Waals surface area contributed by atoms with Gasteiger partial charge in [-0.2, -0.15) is 0 Å². The minimum Gasteiger partial charge on any atom is -0.465 e. The maximum Gasteiger partial charge on any atom is 0.337 e. The minimum absolute atomic E-state index is 0.0550. The number of ether oxygens (including phenoxy) is 1. The van der Waals surface area contributed by atoms with E-state index in [1.54, 1.807) is 31.3 Å². The van der Waals surface area contributed by atoms with Crippen LogP contribution in [0.2, 0.25) is 0 Å². The zero-order valence-electron chi connectivity index (χ0n) is 14.5. The Balaban J connectivity index is 2.35. The largest absolute Gasteiger partial charge is 0.465 e. The molecule has 0 aromatic heterocycles. The second-order valence-corrected chi connectivity index (χ2v) is 5.63. The molecular weight excluding hydrogens is 310 g/mol. The molecule has 0 aliphatic rings. The maximum atomic E-state index is 11.9. The van der Waals surface area contributed by atoms with Crippen molar-refractivity contribution in [3.05, 3.63) is 35.4 Å². The van der Waals surface area contributed by atoms with Gasteiger partial charge in [-0.15, -0.1) is 0 Å². The molecule has 0 saturated heterocycles. The Morgan fingerprint density at radius 1 is 1.04 bits per heavy atom. The quantitative estimate of drug-likeness (QED) is 0.512. The molecule has 0 bridgehead atoms. The van der Waals surface area contributed by atoms with E-state index in [1.165, 1.54) is 7.11 Å². The Morgan fingerprint density at radius 3 is 2.17 bits per heavy atom. The van der Waals surface area contributed by atoms with Gasteiger partial charge in [-0.3, -0.25) is 9.59 Å². The molecule has 24 heavy (non-hydrogen) atoms. The molecule has 0 radical (unpaired) electrons. The van der Waals surface area contributed by atoms with Crippen molar-refractivity contribution >= 4 is 17.8 Å². The SMILES string of the molecule is CCCNC(=O)C[NH+](C)CC(=O)NCc1ccc(C(=O)OC)cc1. The van der Waals surface area contributed by atoms with E-state index in [2.05, 4.69) is 15.4 Å². The van der Waals surface area contributed by atoms with Gasteiger partial charge in [0.2, 0.25) is 0 Å². The van der Waals surface area contributed by atoms with Crippen molar-refractivity contribution in [3.63, 3.8) is 0 Å². The summed E-state index contributed by atoms with van der Waals surface area (Å²) in [7, 11) is 3.13. The summed E-state index contributed by atoms with van der Waals surface area (Å²) < 4.78 is 4.63. The molecule has 1 unspecified atom stereocenters. The molecule has 0 saturated carbocycles. The fourth-order valence-electron chi connectivity index (χ4n) is 2.08. The summed E-state index contributed by atoms with van der Waals surface area (Å²) >= 11 is 0. The number of quaternary nitrogens is 1. The Bertz CT molecular complexity index is 557. The van der Waals surface area contributed by atoms with Crippen molar-refractivity contribution in [1.82, 2.24) is 10.6 Å². The topological polar surface area (TPSA) is 88.9 Å². The average molecular weight is 336 g/mol. The standard InChI is InChI=1S/C17H25N3O4/c1-4-9-18-15(21)11-20(2)12-16(22)19-10-13-5-7-14(8-6-13)17(23)24-3/h5-8H,4,9-12H2,1-3H3,(H,18,21)(H,19,22)/p+1. The van der Waals surface area contributed by atoms with Gasteiger partial charge in [0.15, 0.2) is 13.1 Å². The number of carbonyl (C=O) groups excluding carboxylic acids is 3. The van der Waals surface area contributed by atoms with E-state index in [0.717, 1.165) is 16.9 Å². The molecule has 1 rings (SSSR count). The van der Waals surface area contributed by atoms with E-state index in [-0.39, 0.29) is 24.9 Å². The van der Waals surface area contributed by atoms with Crippen LogP contribution in [-0.2, 0) is 20.9 Å². The number of benzene rings is 1. The number of rotatable bonds is 9. The van der Waals surface area contributed by atoms with Crippen LogP contribution in [0.25, 0.3) is 0 Å². The normalized spacial score (nSPS) is 11.5. The second-order valence-electron chi connectivity index (χ2n) is 5.63. The minimum atomic E-state index is -0.392. The van der Waals surface area contributed by atoms with Crippen molar-refractivity contribution < 1.29 is 24.0 Å². The van der Waals surface area contributed by atoms with Crippen LogP contribution >= 0.6 is 0 Å². The van der Waals surface area contributed by atoms with Gasteiger partial charge in [0.05, 0.1) is 19.7 Å². The maximum absolute atomic E-state index is 11.9. The number of methoxy groups -OCH3 is 1. The number of esters is 1. The van der Waals surface area contributed by atoms with Crippen molar-refractivity contribution in [3.8, 4) is 0 Å². The van der Waals surface area contributed by atoms with Gasteiger partial charge in [-0.1, -0.05) is 19.1 Å². The third-order valence-electron chi connectivity index (χ3n) is 3.36. The summed E-state index contributed by atoms with van der Waals surface area (Å²) in [6, 6.07) is 6.84. The molecule has 2 amide bonds. The molecule has 7 nitrogen and oxygen atoms in total. The van der Waals surface area contributed by atoms with E-state index in [9.17, 15) is 14.4 Å². The lowest BCUT2D eigenvalue weighted by atomic mass is 10.1. The number of amides is 2. The van der Waals surface area contributed by atoms with Crippen LogP contribution in [0.1, 0.15) is 29.3 Å². The molecule has 1 atom stereocenters. The van der Waals surface area contributed by atoms with Crippen LogP contribution in [0.15, 0.2) is 24.3 Å². The van der Waals surface area contributed by atoms with Crippen molar-refractivity contribution in [2.45, 2.75) is 19.9 Å². The number of nitrogens with one attached hydrogen (secondary N) is 3. The summed E-state index contributed by atoms with van der Waals surface area (Å²) in [5.74, 6) is -0.578. The molecular formula is C17H26N3O4+. The highest BCUT2D eigenvalue weighted by atomic mass is 16.5. The van der Waals surface area contributed by atoms with Crippen LogP contribution in [-0.4, -0.2) is 51.6 Å². The lowest BCUT2D eigenvalue weighted by molar-refractivity contribution is -0.862. The van der Waals surface area contributed by atoms with E-state index in [4.69, 9.17) is 0 Å². The predicted molar refractivity (Wildman–Crippen MR) is 89.5 cm³/mol. The molecule has 0 aliphatic heterocycles. The van der Waals surface area contributed by atoms with Gasteiger partial charge in [0.1, 0.15) is 0 Å². The van der Waals surface area contributed by atoms with Crippen molar-refractivity contribution in [2.75, 3.05) is 33.8 Å². The first-order valence-electron chi connectivity index (χ1n) is 7.98. The Labute approximate surface area is 142 Å². The van der Waals surface area contributed by atoms with Gasteiger partial charge in [-0.25, -0.2) is 4.79 Å². The summed E-state index contributed by atoms with van der Waals surface area (Å²) in [4.78, 5) is 35.6. The third kappa shape index (κ3) is 7.23. The molecule has 0 aliphatic carbocycles. The first kappa shape index (κ1) is 19.6. The van der Waals surface area contributed by atoms with Crippen LogP contribution in [0.5, 0.6) is 0 Å². The molecule has 132 valence electrons. The van der Waals surface area contributed by atoms with Crippen molar-refractivity contribution in [2.24, 2.45) is 0 Å². The summed E-state index contributed by atoms with van der Waals surface area (Å²) in [6.07, 6.45) is 0.889. The molecule has 0 heterocycles. The van der Waals surface area contributed by atoms with Crippen LogP contribution in [0.4, 0.5) is 0 Å². The third-order valence-corrected chi connectivity index (χ3v) is 3.36. The summed E-state index contributed by atoms with van der Waals surface area (Å²) in [5, 5.41) is 5.59. The average Bonchev–Trinajstić information content (AvgIpc) is 2.57. The Hall–Kier alpha value is -2.41. The van der Waals surface area contributed by atoms with Crippen LogP contribution in [0.3, 0.4) is 0 Å². The summed E-state index contributed by atoms with van der Waals surface area (Å²) in [6.45, 7) is 3.50. The van der Waals surface area contributed by atoms with Gasteiger partial charge < -0.3 is 20.3 Å². The van der Waals surface area contributed by atoms with Gasteiger partial charge in [-0.05, 0) is 24.1 Å². The molecule has 0 spiro atoms. The van der Waals surface area contributed by atoms with Crippen LogP contribution in [0, 0.1) is 0 Å². The molecule has 0 fully saturated rings. The lowest BCUT2D eigenvalue weighted by Gasteiger charge is -2.13. The first-order valence-corrected chi connectivity index (χ1v) is 7.98. The fourth-order valence-corrected chi connectivity index (χ4v) is 2.08. The second kappa shape index (κ2) is 10.4. The number of hydrogen-bond acceptors (Lipinski definition) is 4. The zero-order valence-corrected chi connectivity index (χ0v) is 14.5. The Morgan fingerprint density at radius 2 is 1.62 bits per heavy atom. The molecule has 1 aromatic rings. The number of carbonyl (C=O) groups is 3. The predicted octanol–water partition coefficient (Wildman–Crippen LogP) is -0.870. The fraction of sp³-hybridized carbons (Fsp3) is 0.471. The highest BCUT2D eigenvalue weighted by molar-refractivity contribution is 5.89. The first-order chi connectivity index (χ1) is 11.5. The van der Waals surface area contributed by atoms with E-state index >= 15 is 0 Å². The highest BCUT2D eigenvalue weighted by Gasteiger charge is 2.13. The van der Waals surface area contributed by atoms with E-state index < -0.39 is 5.97 Å². The number of likely N-dealkylation sites (N-methyl/N-ethyl adjacent to an activating group) is 1. The molecule has 3 N–H and O–H groups in total. The van der Waals surface area contributed by atoms with Gasteiger partial charge >= 0.3 is 5.97 Å². The molecule has 7 heteroatoms. The van der Waals surface area contributed by atoms with E-state index in [1.807, 2.05) is 6.92 Å². The van der Waals surface area contributed by atoms with Crippen LogP contribution < -0.4 is 15.5 Å². The highest BCUT2D eigenvalue weighted by Crippen LogP contribution is 2.05. The zero-order chi connectivity index (χ0) is 17.9. The number of hydrogen-bond donors (Lipinski definition) is 3. The van der Waals surface area contributed by atoms with Crippen molar-refractivity contribution in [1.29, 1.82) is 0 Å². The van der Waals surface area contributed by atoms with Gasteiger partial charge in [0, 0.05) is 13.1 Å². The monoisotopic (exact) mass is 336 g/mol.